The molecule has 1 rings (SSSR count). The Bertz CT molecular complexity index is 258. The molecule has 86 valence electrons. The molecule has 0 unspecified atom stereocenters. The summed E-state index contributed by atoms with van der Waals surface area (Å²) in [5.74, 6) is 0.656. The lowest BCUT2D eigenvalue weighted by Gasteiger charge is -2.21. The molecule has 0 atom stereocenters. The molecule has 1 aliphatic carbocycles. The van der Waals surface area contributed by atoms with Crippen LogP contribution < -0.4 is 0 Å². The number of rotatable bonds is 3. The Morgan fingerprint density at radius 1 is 1.20 bits per heavy atom. The normalized spacial score (nSPS) is 20.3. The maximum absolute atomic E-state index is 12.0. The highest BCUT2D eigenvalue weighted by molar-refractivity contribution is 5.97. The molecular weight excluding hydrogens is 188 g/mol. The second kappa shape index (κ2) is 5.34. The second-order valence-electron chi connectivity index (χ2n) is 4.86. The van der Waals surface area contributed by atoms with E-state index in [2.05, 4.69) is 0 Å². The van der Waals surface area contributed by atoms with Crippen LogP contribution in [-0.4, -0.2) is 10.9 Å². The third kappa shape index (κ3) is 3.08. The van der Waals surface area contributed by atoms with E-state index in [-0.39, 0.29) is 23.4 Å². The van der Waals surface area contributed by atoms with Crippen molar-refractivity contribution in [3.05, 3.63) is 11.3 Å². The Kier molecular flexibility index (Phi) is 4.37. The maximum Gasteiger partial charge on any atom is 0.164 e. The Hall–Kier alpha value is -0.790. The molecule has 0 aromatic carbocycles. The summed E-state index contributed by atoms with van der Waals surface area (Å²) in [6, 6.07) is 0. The van der Waals surface area contributed by atoms with Gasteiger partial charge in [0.1, 0.15) is 5.76 Å². The number of aliphatic hydroxyl groups is 1. The predicted molar refractivity (Wildman–Crippen MR) is 61.7 cm³/mol. The van der Waals surface area contributed by atoms with Crippen LogP contribution in [0.15, 0.2) is 11.3 Å². The molecule has 0 radical (unpaired) electrons. The topological polar surface area (TPSA) is 37.3 Å². The van der Waals surface area contributed by atoms with Crippen molar-refractivity contribution >= 4 is 5.78 Å². The fourth-order valence-electron chi connectivity index (χ4n) is 2.23. The molecule has 1 aliphatic rings. The van der Waals surface area contributed by atoms with Gasteiger partial charge in [0.15, 0.2) is 5.78 Å². The van der Waals surface area contributed by atoms with E-state index in [1.54, 1.807) is 6.92 Å². The zero-order valence-corrected chi connectivity index (χ0v) is 10.0. The number of hydrogen-bond acceptors (Lipinski definition) is 2. The lowest BCUT2D eigenvalue weighted by Crippen LogP contribution is -2.20. The van der Waals surface area contributed by atoms with Gasteiger partial charge in [0.05, 0.1) is 0 Å². The Morgan fingerprint density at radius 3 is 2.20 bits per heavy atom. The van der Waals surface area contributed by atoms with Crippen molar-refractivity contribution in [3.63, 3.8) is 0 Å². The van der Waals surface area contributed by atoms with E-state index in [0.29, 0.717) is 5.57 Å². The summed E-state index contributed by atoms with van der Waals surface area (Å²) in [7, 11) is 0. The van der Waals surface area contributed by atoms with Crippen LogP contribution in [0.5, 0.6) is 0 Å². The maximum atomic E-state index is 12.0. The number of aliphatic hydroxyl groups excluding tert-OH is 1. The minimum atomic E-state index is 0.0533. The molecule has 1 N–H and O–H groups in total. The molecule has 2 heteroatoms. The third-order valence-electron chi connectivity index (χ3n) is 3.28. The molecule has 0 aromatic heterocycles. The van der Waals surface area contributed by atoms with Crippen molar-refractivity contribution in [2.45, 2.75) is 52.9 Å². The van der Waals surface area contributed by atoms with E-state index in [4.69, 9.17) is 0 Å². The minimum Gasteiger partial charge on any atom is -0.512 e. The summed E-state index contributed by atoms with van der Waals surface area (Å²) in [6.45, 7) is 5.58. The molecule has 15 heavy (non-hydrogen) atoms. The highest BCUT2D eigenvalue weighted by Gasteiger charge is 2.24. The van der Waals surface area contributed by atoms with Gasteiger partial charge < -0.3 is 5.11 Å². The van der Waals surface area contributed by atoms with Crippen molar-refractivity contribution in [2.24, 2.45) is 11.8 Å². The summed E-state index contributed by atoms with van der Waals surface area (Å²) in [5, 5.41) is 9.75. The van der Waals surface area contributed by atoms with Crippen LogP contribution in [0.3, 0.4) is 0 Å². The quantitative estimate of drug-likeness (QED) is 0.570. The lowest BCUT2D eigenvalue weighted by atomic mass is 9.83. The number of carbonyl (C=O) groups is 1. The van der Waals surface area contributed by atoms with E-state index in [1.165, 1.54) is 6.42 Å². The molecule has 0 aromatic rings. The Labute approximate surface area is 92.4 Å². The molecule has 1 saturated carbocycles. The molecule has 0 spiro atoms. The van der Waals surface area contributed by atoms with Gasteiger partial charge in [-0.2, -0.15) is 0 Å². The van der Waals surface area contributed by atoms with Crippen LogP contribution in [0.4, 0.5) is 0 Å². The Balaban J connectivity index is 2.70. The van der Waals surface area contributed by atoms with Gasteiger partial charge in [-0.05, 0) is 19.8 Å². The van der Waals surface area contributed by atoms with Crippen molar-refractivity contribution in [1.82, 2.24) is 0 Å². The van der Waals surface area contributed by atoms with Gasteiger partial charge in [0, 0.05) is 17.4 Å². The standard InChI is InChI=1S/C13H22O2/c1-9(2)12(14)10(3)13(15)11-7-5-4-6-8-11/h9,11,14H,4-8H2,1-3H3/b12-10-. The van der Waals surface area contributed by atoms with E-state index < -0.39 is 0 Å². The number of ketones is 1. The number of allylic oxidation sites excluding steroid dienone is 2. The van der Waals surface area contributed by atoms with Gasteiger partial charge in [0.25, 0.3) is 0 Å². The van der Waals surface area contributed by atoms with Crippen molar-refractivity contribution in [2.75, 3.05) is 0 Å². The summed E-state index contributed by atoms with van der Waals surface area (Å²) < 4.78 is 0. The highest BCUT2D eigenvalue weighted by Crippen LogP contribution is 2.27. The molecule has 0 amide bonds. The number of hydrogen-bond donors (Lipinski definition) is 1. The summed E-state index contributed by atoms with van der Waals surface area (Å²) in [5.41, 5.74) is 0.580. The lowest BCUT2D eigenvalue weighted by molar-refractivity contribution is -0.120. The van der Waals surface area contributed by atoms with E-state index in [1.807, 2.05) is 13.8 Å². The third-order valence-corrected chi connectivity index (χ3v) is 3.28. The molecule has 1 fully saturated rings. The van der Waals surface area contributed by atoms with Gasteiger partial charge in [-0.25, -0.2) is 0 Å². The van der Waals surface area contributed by atoms with Gasteiger partial charge in [-0.3, -0.25) is 4.79 Å². The van der Waals surface area contributed by atoms with Crippen LogP contribution in [0.25, 0.3) is 0 Å². The van der Waals surface area contributed by atoms with E-state index >= 15 is 0 Å². The van der Waals surface area contributed by atoms with Crippen molar-refractivity contribution in [3.8, 4) is 0 Å². The first-order valence-electron chi connectivity index (χ1n) is 5.98. The average Bonchev–Trinajstić information content (AvgIpc) is 2.27. The van der Waals surface area contributed by atoms with Crippen molar-refractivity contribution < 1.29 is 9.90 Å². The summed E-state index contributed by atoms with van der Waals surface area (Å²) in [6.07, 6.45) is 5.57. The minimum absolute atomic E-state index is 0.0533. The van der Waals surface area contributed by atoms with Crippen LogP contribution in [-0.2, 0) is 4.79 Å². The average molecular weight is 210 g/mol. The van der Waals surface area contributed by atoms with E-state index in [9.17, 15) is 9.90 Å². The van der Waals surface area contributed by atoms with Gasteiger partial charge in [0.2, 0.25) is 0 Å². The molecule has 0 bridgehead atoms. The van der Waals surface area contributed by atoms with Gasteiger partial charge >= 0.3 is 0 Å². The Morgan fingerprint density at radius 2 is 1.73 bits per heavy atom. The van der Waals surface area contributed by atoms with Crippen LogP contribution >= 0.6 is 0 Å². The molecular formula is C13H22O2. The summed E-state index contributed by atoms with van der Waals surface area (Å²) in [4.78, 5) is 12.0. The van der Waals surface area contributed by atoms with Crippen LogP contribution in [0.1, 0.15) is 52.9 Å². The predicted octanol–water partition coefficient (Wildman–Crippen LogP) is 3.62. The zero-order chi connectivity index (χ0) is 11.4. The zero-order valence-electron chi connectivity index (χ0n) is 10.0. The first-order chi connectivity index (χ1) is 7.04. The highest BCUT2D eigenvalue weighted by atomic mass is 16.3. The van der Waals surface area contributed by atoms with Gasteiger partial charge in [-0.15, -0.1) is 0 Å². The fraction of sp³-hybridized carbons (Fsp3) is 0.769. The largest absolute Gasteiger partial charge is 0.512 e. The van der Waals surface area contributed by atoms with Gasteiger partial charge in [-0.1, -0.05) is 33.1 Å². The molecule has 0 saturated heterocycles. The molecule has 0 heterocycles. The van der Waals surface area contributed by atoms with Crippen molar-refractivity contribution in [1.29, 1.82) is 0 Å². The second-order valence-corrected chi connectivity index (χ2v) is 4.86. The summed E-state index contributed by atoms with van der Waals surface area (Å²) >= 11 is 0. The fourth-order valence-corrected chi connectivity index (χ4v) is 2.23. The van der Waals surface area contributed by atoms with Crippen LogP contribution in [0.2, 0.25) is 0 Å². The SMILES string of the molecule is C/C(C(=O)C1CCCCC1)=C(/O)C(C)C. The smallest absolute Gasteiger partial charge is 0.164 e. The monoisotopic (exact) mass is 210 g/mol. The van der Waals surface area contributed by atoms with E-state index in [0.717, 1.165) is 25.7 Å². The van der Waals surface area contributed by atoms with Crippen LogP contribution in [0, 0.1) is 11.8 Å². The number of Topliss-reactive ketones (excluding diaryl/α,β-unsaturated/α-hetero) is 1. The first kappa shape index (κ1) is 12.3. The molecule has 2 nitrogen and oxygen atoms in total. The first-order valence-corrected chi connectivity index (χ1v) is 5.98. The molecule has 0 aliphatic heterocycles. The number of carbonyl (C=O) groups excluding carboxylic acids is 1.